The number of dihydropyridines is 1. The van der Waals surface area contributed by atoms with Crippen LogP contribution in [0.1, 0.15) is 38.7 Å². The fourth-order valence-corrected chi connectivity index (χ4v) is 6.68. The van der Waals surface area contributed by atoms with Gasteiger partial charge in [-0.1, -0.05) is 35.9 Å². The second-order valence-corrected chi connectivity index (χ2v) is 12.5. The summed E-state index contributed by atoms with van der Waals surface area (Å²) < 4.78 is 6.26. The van der Waals surface area contributed by atoms with Crippen LogP contribution in [-0.2, 0) is 16.1 Å². The molecule has 7 nitrogen and oxygen atoms in total. The molecule has 1 fully saturated rings. The first kappa shape index (κ1) is 27.3. The van der Waals surface area contributed by atoms with Gasteiger partial charge in [-0.2, -0.15) is 0 Å². The Labute approximate surface area is 241 Å². The number of allylic oxidation sites excluding steroid dienone is 4. The van der Waals surface area contributed by atoms with Crippen LogP contribution in [0.2, 0.25) is 5.02 Å². The summed E-state index contributed by atoms with van der Waals surface area (Å²) in [4.78, 5) is 17.5. The highest BCUT2D eigenvalue weighted by Crippen LogP contribution is 2.40. The number of carbonyl (C=O) groups is 1. The van der Waals surface area contributed by atoms with Gasteiger partial charge in [0.1, 0.15) is 12.4 Å². The third-order valence-electron chi connectivity index (χ3n) is 8.82. The number of benzene rings is 1. The molecule has 8 heteroatoms. The van der Waals surface area contributed by atoms with Crippen molar-refractivity contribution in [3.05, 3.63) is 87.8 Å². The van der Waals surface area contributed by atoms with Crippen LogP contribution in [0.25, 0.3) is 0 Å². The lowest BCUT2D eigenvalue weighted by Gasteiger charge is -2.31. The monoisotopic (exact) mass is 562 g/mol. The first-order chi connectivity index (χ1) is 19.2. The lowest BCUT2D eigenvalue weighted by atomic mass is 9.78. The zero-order chi connectivity index (χ0) is 27.9. The van der Waals surface area contributed by atoms with Crippen molar-refractivity contribution in [3.63, 3.8) is 0 Å². The van der Waals surface area contributed by atoms with Crippen molar-refractivity contribution < 1.29 is 14.6 Å². The minimum Gasteiger partial charge on any atom is -0.491 e. The van der Waals surface area contributed by atoms with Gasteiger partial charge in [-0.15, -0.1) is 0 Å². The number of hydrogen-bond acceptors (Lipinski definition) is 6. The number of anilines is 1. The molecule has 4 heterocycles. The lowest BCUT2D eigenvalue weighted by molar-refractivity contribution is -0.117. The number of fused-ring (bicyclic) bond motifs is 2. The first-order valence-electron chi connectivity index (χ1n) is 14.4. The molecule has 1 amide bonds. The third-order valence-corrected chi connectivity index (χ3v) is 9.05. The van der Waals surface area contributed by atoms with E-state index in [4.69, 9.17) is 16.3 Å². The standard InChI is InChI=1S/C32H39ClN4O3/c1-32(2,39)22-8-10-30-27(15-22)25(26-5-3-12-34-29(26)20-40-30)6-4-13-36-14-11-24(18-36)37-17-21-7-9-23(33)16-28(21)35-31(38)19-37/h3,5-10,12,16,22,24,29,34,39H,4,11,13-15,17-20H2,1-2H3,(H,35,38)/b25-6+/t22?,24-,29?/m1/s1. The summed E-state index contributed by atoms with van der Waals surface area (Å²) in [5.41, 5.74) is 4.82. The zero-order valence-corrected chi connectivity index (χ0v) is 24.1. The molecule has 0 saturated carbocycles. The molecular weight excluding hydrogens is 524 g/mol. The predicted molar refractivity (Wildman–Crippen MR) is 159 cm³/mol. The second kappa shape index (κ2) is 11.2. The van der Waals surface area contributed by atoms with E-state index in [0.29, 0.717) is 24.2 Å². The van der Waals surface area contributed by atoms with Gasteiger partial charge in [0, 0.05) is 47.9 Å². The van der Waals surface area contributed by atoms with Crippen LogP contribution in [-0.4, -0.2) is 71.3 Å². The Kier molecular flexibility index (Phi) is 7.66. The van der Waals surface area contributed by atoms with E-state index in [1.807, 2.05) is 38.2 Å². The van der Waals surface area contributed by atoms with Crippen molar-refractivity contribution in [1.82, 2.24) is 15.1 Å². The maximum Gasteiger partial charge on any atom is 0.238 e. The molecule has 1 aromatic carbocycles. The third kappa shape index (κ3) is 5.79. The van der Waals surface area contributed by atoms with Gasteiger partial charge < -0.3 is 25.4 Å². The molecule has 212 valence electrons. The van der Waals surface area contributed by atoms with Crippen molar-refractivity contribution in [2.75, 3.05) is 38.1 Å². The number of amides is 1. The van der Waals surface area contributed by atoms with E-state index >= 15 is 0 Å². The normalized spacial score (nSPS) is 28.1. The number of likely N-dealkylation sites (tertiary alicyclic amines) is 1. The zero-order valence-electron chi connectivity index (χ0n) is 23.3. The van der Waals surface area contributed by atoms with Gasteiger partial charge in [0.25, 0.3) is 0 Å². The average molecular weight is 563 g/mol. The van der Waals surface area contributed by atoms with Crippen molar-refractivity contribution in [2.45, 2.75) is 57.3 Å². The second-order valence-electron chi connectivity index (χ2n) is 12.1. The number of halogens is 1. The quantitative estimate of drug-likeness (QED) is 0.490. The Bertz CT molecular complexity index is 1320. The SMILES string of the molecule is CC(C)(O)C1C=CC2=C(C1)/C(=C/CCN1CC[C@@H](N3CC(=O)Nc4cc(Cl)ccc4C3)C1)C1=CC=CNC1CO2. The molecular formula is C32H39ClN4O3. The summed E-state index contributed by atoms with van der Waals surface area (Å²) in [7, 11) is 0. The van der Waals surface area contributed by atoms with Gasteiger partial charge in [0.15, 0.2) is 0 Å². The predicted octanol–water partition coefficient (Wildman–Crippen LogP) is 4.53. The highest BCUT2D eigenvalue weighted by atomic mass is 35.5. The molecule has 1 aliphatic carbocycles. The summed E-state index contributed by atoms with van der Waals surface area (Å²) in [6, 6.07) is 6.22. The Balaban J connectivity index is 1.15. The van der Waals surface area contributed by atoms with Gasteiger partial charge in [-0.3, -0.25) is 9.69 Å². The Morgan fingerprint density at radius 1 is 1.27 bits per heavy atom. The van der Waals surface area contributed by atoms with Crippen molar-refractivity contribution in [1.29, 1.82) is 0 Å². The molecule has 0 bridgehead atoms. The van der Waals surface area contributed by atoms with Crippen LogP contribution in [0.15, 0.2) is 77.3 Å². The number of nitrogens with one attached hydrogen (secondary N) is 2. The van der Waals surface area contributed by atoms with E-state index in [0.717, 1.165) is 62.5 Å². The summed E-state index contributed by atoms with van der Waals surface area (Å²) in [5, 5.41) is 17.9. The van der Waals surface area contributed by atoms with Gasteiger partial charge in [-0.05, 0) is 86.8 Å². The molecule has 0 spiro atoms. The maximum absolute atomic E-state index is 12.6. The number of rotatable bonds is 5. The smallest absolute Gasteiger partial charge is 0.238 e. The largest absolute Gasteiger partial charge is 0.491 e. The van der Waals surface area contributed by atoms with Crippen molar-refractivity contribution in [3.8, 4) is 0 Å². The molecule has 5 aliphatic rings. The molecule has 4 aliphatic heterocycles. The molecule has 0 aromatic heterocycles. The topological polar surface area (TPSA) is 77.1 Å². The van der Waals surface area contributed by atoms with Crippen LogP contribution in [0, 0.1) is 5.92 Å². The summed E-state index contributed by atoms with van der Waals surface area (Å²) in [5.74, 6) is 0.979. The Morgan fingerprint density at radius 3 is 3.00 bits per heavy atom. The number of nitrogens with zero attached hydrogens (tertiary/aromatic N) is 2. The molecule has 1 saturated heterocycles. The lowest BCUT2D eigenvalue weighted by Crippen LogP contribution is -2.40. The van der Waals surface area contributed by atoms with E-state index in [1.54, 1.807) is 0 Å². The molecule has 3 atom stereocenters. The van der Waals surface area contributed by atoms with E-state index in [9.17, 15) is 9.90 Å². The van der Waals surface area contributed by atoms with Gasteiger partial charge in [-0.25, -0.2) is 0 Å². The minimum atomic E-state index is -0.799. The summed E-state index contributed by atoms with van der Waals surface area (Å²) >= 11 is 6.17. The fraction of sp³-hybridized carbons (Fsp3) is 0.469. The van der Waals surface area contributed by atoms with E-state index in [1.165, 1.54) is 16.7 Å². The molecule has 2 unspecified atom stereocenters. The highest BCUT2D eigenvalue weighted by molar-refractivity contribution is 6.31. The Morgan fingerprint density at radius 2 is 2.15 bits per heavy atom. The minimum absolute atomic E-state index is 0.0210. The number of ether oxygens (including phenoxy) is 1. The maximum atomic E-state index is 12.6. The number of aliphatic hydroxyl groups is 1. The number of carbonyl (C=O) groups excluding carboxylic acids is 1. The summed E-state index contributed by atoms with van der Waals surface area (Å²) in [6.45, 7) is 8.43. The average Bonchev–Trinajstić information content (AvgIpc) is 3.25. The summed E-state index contributed by atoms with van der Waals surface area (Å²) in [6.07, 6.45) is 15.5. The van der Waals surface area contributed by atoms with Crippen LogP contribution < -0.4 is 10.6 Å². The molecule has 40 heavy (non-hydrogen) atoms. The fourth-order valence-electron chi connectivity index (χ4n) is 6.50. The van der Waals surface area contributed by atoms with Crippen LogP contribution in [0.4, 0.5) is 5.69 Å². The molecule has 3 N–H and O–H groups in total. The van der Waals surface area contributed by atoms with Gasteiger partial charge in [0.2, 0.25) is 5.91 Å². The Hall–Kier alpha value is -2.84. The van der Waals surface area contributed by atoms with Crippen molar-refractivity contribution in [2.24, 2.45) is 5.92 Å². The van der Waals surface area contributed by atoms with E-state index < -0.39 is 5.60 Å². The van der Waals surface area contributed by atoms with Gasteiger partial charge in [0.05, 0.1) is 18.2 Å². The molecule has 6 rings (SSSR count). The van der Waals surface area contributed by atoms with Crippen LogP contribution in [0.5, 0.6) is 0 Å². The van der Waals surface area contributed by atoms with Crippen LogP contribution >= 0.6 is 11.6 Å². The van der Waals surface area contributed by atoms with Crippen LogP contribution in [0.3, 0.4) is 0 Å². The highest BCUT2D eigenvalue weighted by Gasteiger charge is 2.35. The first-order valence-corrected chi connectivity index (χ1v) is 14.8. The van der Waals surface area contributed by atoms with Crippen molar-refractivity contribution >= 4 is 23.2 Å². The molecule has 1 aromatic rings. The van der Waals surface area contributed by atoms with E-state index in [2.05, 4.69) is 50.8 Å². The van der Waals surface area contributed by atoms with Gasteiger partial charge >= 0.3 is 0 Å². The molecule has 0 radical (unpaired) electrons. The number of hydrogen-bond donors (Lipinski definition) is 3. The van der Waals surface area contributed by atoms with E-state index in [-0.39, 0.29) is 17.9 Å².